The van der Waals surface area contributed by atoms with Crippen molar-refractivity contribution in [3.63, 3.8) is 0 Å². The summed E-state index contributed by atoms with van der Waals surface area (Å²) in [6.07, 6.45) is 0. The molecular weight excluding hydrogens is 298 g/mol. The molecule has 1 N–H and O–H groups in total. The summed E-state index contributed by atoms with van der Waals surface area (Å²) in [6.45, 7) is 2.64. The van der Waals surface area contributed by atoms with Crippen LogP contribution in [-0.4, -0.2) is 16.5 Å². The van der Waals surface area contributed by atoms with E-state index in [4.69, 9.17) is 11.6 Å². The average molecular weight is 310 g/mol. The highest BCUT2D eigenvalue weighted by atomic mass is 35.5. The first kappa shape index (κ1) is 14.6. The summed E-state index contributed by atoms with van der Waals surface area (Å²) in [4.78, 5) is 15.7. The van der Waals surface area contributed by atoms with Gasteiger partial charge in [0.2, 0.25) is 0 Å². The van der Waals surface area contributed by atoms with Crippen molar-refractivity contribution >= 4 is 34.9 Å². The van der Waals surface area contributed by atoms with Crippen LogP contribution >= 0.6 is 23.4 Å². The first-order valence-corrected chi connectivity index (χ1v) is 7.12. The van der Waals surface area contributed by atoms with Crippen LogP contribution in [0.3, 0.4) is 0 Å². The molecule has 1 aromatic carbocycles. The van der Waals surface area contributed by atoms with Gasteiger partial charge in [-0.05, 0) is 37.3 Å². The van der Waals surface area contributed by atoms with Crippen molar-refractivity contribution in [1.29, 1.82) is 0 Å². The van der Waals surface area contributed by atoms with Crippen LogP contribution in [0.5, 0.6) is 0 Å². The SMILES string of the molecule is CCNc1ccc([N+](=O)[O-])c(Sc2ccc(Cl)cc2)n1. The number of aromatic nitrogens is 1. The van der Waals surface area contributed by atoms with Gasteiger partial charge in [-0.15, -0.1) is 0 Å². The third-order valence-electron chi connectivity index (χ3n) is 2.42. The Balaban J connectivity index is 2.34. The monoisotopic (exact) mass is 309 g/mol. The molecule has 0 amide bonds. The molecule has 0 bridgehead atoms. The van der Waals surface area contributed by atoms with Gasteiger partial charge in [-0.25, -0.2) is 4.98 Å². The molecule has 0 saturated carbocycles. The second-order valence-electron chi connectivity index (χ2n) is 3.86. The minimum Gasteiger partial charge on any atom is -0.370 e. The largest absolute Gasteiger partial charge is 0.370 e. The second-order valence-corrected chi connectivity index (χ2v) is 5.36. The molecule has 0 spiro atoms. The Morgan fingerprint density at radius 2 is 2.00 bits per heavy atom. The van der Waals surface area contributed by atoms with Gasteiger partial charge in [0.1, 0.15) is 5.82 Å². The highest BCUT2D eigenvalue weighted by molar-refractivity contribution is 7.99. The van der Waals surface area contributed by atoms with Gasteiger partial charge in [0, 0.05) is 22.5 Å². The Hall–Kier alpha value is -1.79. The molecule has 1 aromatic heterocycles. The van der Waals surface area contributed by atoms with E-state index in [1.807, 2.05) is 6.92 Å². The van der Waals surface area contributed by atoms with Gasteiger partial charge in [-0.1, -0.05) is 23.4 Å². The van der Waals surface area contributed by atoms with Crippen LogP contribution in [0.4, 0.5) is 11.5 Å². The molecule has 0 aliphatic carbocycles. The molecule has 1 heterocycles. The van der Waals surface area contributed by atoms with Gasteiger partial charge in [-0.3, -0.25) is 10.1 Å². The molecule has 7 heteroatoms. The third-order valence-corrected chi connectivity index (χ3v) is 3.68. The molecule has 0 fully saturated rings. The van der Waals surface area contributed by atoms with Gasteiger partial charge >= 0.3 is 5.69 Å². The predicted octanol–water partition coefficient (Wildman–Crippen LogP) is 4.23. The summed E-state index contributed by atoms with van der Waals surface area (Å²) in [6, 6.07) is 10.2. The normalized spacial score (nSPS) is 10.3. The zero-order valence-corrected chi connectivity index (χ0v) is 12.2. The maximum atomic E-state index is 11.0. The Morgan fingerprint density at radius 1 is 1.30 bits per heavy atom. The predicted molar refractivity (Wildman–Crippen MR) is 80.6 cm³/mol. The Morgan fingerprint density at radius 3 is 2.60 bits per heavy atom. The van der Waals surface area contributed by atoms with Gasteiger partial charge < -0.3 is 5.32 Å². The fourth-order valence-electron chi connectivity index (χ4n) is 1.54. The molecular formula is C13H12ClN3O2S. The van der Waals surface area contributed by atoms with Crippen molar-refractivity contribution in [3.05, 3.63) is 51.5 Å². The van der Waals surface area contributed by atoms with Crippen LogP contribution in [0.25, 0.3) is 0 Å². The number of nitrogens with zero attached hydrogens (tertiary/aromatic N) is 2. The van der Waals surface area contributed by atoms with E-state index in [9.17, 15) is 10.1 Å². The third kappa shape index (κ3) is 3.61. The summed E-state index contributed by atoms with van der Waals surface area (Å²) >= 11 is 7.06. The molecule has 20 heavy (non-hydrogen) atoms. The second kappa shape index (κ2) is 6.58. The lowest BCUT2D eigenvalue weighted by atomic mass is 10.4. The molecule has 104 valence electrons. The molecule has 0 aliphatic rings. The molecule has 0 aliphatic heterocycles. The van der Waals surface area contributed by atoms with Crippen molar-refractivity contribution in [2.24, 2.45) is 0 Å². The Bertz CT molecular complexity index is 620. The van der Waals surface area contributed by atoms with Crippen molar-refractivity contribution in [3.8, 4) is 0 Å². The summed E-state index contributed by atoms with van der Waals surface area (Å²) in [5.74, 6) is 0.620. The number of hydrogen-bond donors (Lipinski definition) is 1. The fourth-order valence-corrected chi connectivity index (χ4v) is 2.55. The smallest absolute Gasteiger partial charge is 0.301 e. The van der Waals surface area contributed by atoms with E-state index in [0.29, 0.717) is 22.4 Å². The van der Waals surface area contributed by atoms with Crippen LogP contribution in [-0.2, 0) is 0 Å². The number of halogens is 1. The van der Waals surface area contributed by atoms with Crippen LogP contribution in [0.1, 0.15) is 6.92 Å². The zero-order chi connectivity index (χ0) is 14.5. The van der Waals surface area contributed by atoms with Crippen LogP contribution in [0.15, 0.2) is 46.3 Å². The molecule has 2 rings (SSSR count). The van der Waals surface area contributed by atoms with Crippen molar-refractivity contribution in [1.82, 2.24) is 4.98 Å². The van der Waals surface area contributed by atoms with E-state index in [1.165, 1.54) is 17.8 Å². The lowest BCUT2D eigenvalue weighted by Crippen LogP contribution is -2.01. The summed E-state index contributed by atoms with van der Waals surface area (Å²) in [7, 11) is 0. The van der Waals surface area contributed by atoms with Crippen LogP contribution in [0, 0.1) is 10.1 Å². The number of nitro groups is 1. The molecule has 0 unspecified atom stereocenters. The maximum absolute atomic E-state index is 11.0. The molecule has 5 nitrogen and oxygen atoms in total. The fraction of sp³-hybridized carbons (Fsp3) is 0.154. The standard InChI is InChI=1S/C13H12ClN3O2S/c1-2-15-12-8-7-11(17(18)19)13(16-12)20-10-5-3-9(14)4-6-10/h3-8H,2H2,1H3,(H,15,16). The number of nitrogens with one attached hydrogen (secondary N) is 1. The highest BCUT2D eigenvalue weighted by Gasteiger charge is 2.17. The quantitative estimate of drug-likeness (QED) is 0.661. The first-order chi connectivity index (χ1) is 9.60. The minimum atomic E-state index is -0.430. The summed E-state index contributed by atoms with van der Waals surface area (Å²) in [5, 5.41) is 15.1. The molecule has 0 atom stereocenters. The van der Waals surface area contributed by atoms with Gasteiger partial charge in [0.05, 0.1) is 4.92 Å². The van der Waals surface area contributed by atoms with E-state index in [2.05, 4.69) is 10.3 Å². The Labute approximate surface area is 125 Å². The first-order valence-electron chi connectivity index (χ1n) is 5.93. The summed E-state index contributed by atoms with van der Waals surface area (Å²) in [5.41, 5.74) is -0.00777. The van der Waals surface area contributed by atoms with Crippen molar-refractivity contribution < 1.29 is 4.92 Å². The van der Waals surface area contributed by atoms with Crippen molar-refractivity contribution in [2.45, 2.75) is 16.8 Å². The minimum absolute atomic E-state index is 0.00777. The number of pyridine rings is 1. The van der Waals surface area contributed by atoms with Gasteiger partial charge in [0.15, 0.2) is 5.03 Å². The van der Waals surface area contributed by atoms with Crippen LogP contribution < -0.4 is 5.32 Å². The van der Waals surface area contributed by atoms with E-state index in [0.717, 1.165) is 4.90 Å². The lowest BCUT2D eigenvalue weighted by molar-refractivity contribution is -0.388. The molecule has 2 aromatic rings. The number of rotatable bonds is 5. The topological polar surface area (TPSA) is 68.1 Å². The highest BCUT2D eigenvalue weighted by Crippen LogP contribution is 2.34. The van der Waals surface area contributed by atoms with E-state index < -0.39 is 4.92 Å². The lowest BCUT2D eigenvalue weighted by Gasteiger charge is -2.06. The van der Waals surface area contributed by atoms with Crippen LogP contribution in [0.2, 0.25) is 5.02 Å². The maximum Gasteiger partial charge on any atom is 0.301 e. The van der Waals surface area contributed by atoms with Crippen molar-refractivity contribution in [2.75, 3.05) is 11.9 Å². The van der Waals surface area contributed by atoms with E-state index >= 15 is 0 Å². The number of hydrogen-bond acceptors (Lipinski definition) is 5. The van der Waals surface area contributed by atoms with E-state index in [-0.39, 0.29) is 5.69 Å². The number of benzene rings is 1. The van der Waals surface area contributed by atoms with E-state index in [1.54, 1.807) is 30.3 Å². The molecule has 0 radical (unpaired) electrons. The number of anilines is 1. The molecule has 0 saturated heterocycles. The average Bonchev–Trinajstić information content (AvgIpc) is 2.42. The van der Waals surface area contributed by atoms with Gasteiger partial charge in [0.25, 0.3) is 0 Å². The zero-order valence-electron chi connectivity index (χ0n) is 10.7. The Kier molecular flexibility index (Phi) is 4.81. The summed E-state index contributed by atoms with van der Waals surface area (Å²) < 4.78 is 0. The van der Waals surface area contributed by atoms with Gasteiger partial charge in [-0.2, -0.15) is 0 Å².